The summed E-state index contributed by atoms with van der Waals surface area (Å²) >= 11 is 0. The molecule has 0 aromatic heterocycles. The lowest BCUT2D eigenvalue weighted by atomic mass is 9.91. The molecule has 0 bridgehead atoms. The zero-order chi connectivity index (χ0) is 14.7. The second-order valence-electron chi connectivity index (χ2n) is 5.62. The first-order valence-corrected chi connectivity index (χ1v) is 7.83. The maximum atomic E-state index is 12.3. The fourth-order valence-corrected chi connectivity index (χ4v) is 2.97. The Balaban J connectivity index is 1.89. The molecule has 0 spiro atoms. The normalized spacial score (nSPS) is 12.9. The first kappa shape index (κ1) is 13.9. The van der Waals surface area contributed by atoms with Gasteiger partial charge in [-0.25, -0.2) is 0 Å². The van der Waals surface area contributed by atoms with Gasteiger partial charge in [-0.15, -0.1) is 0 Å². The third-order valence-corrected chi connectivity index (χ3v) is 4.08. The van der Waals surface area contributed by atoms with E-state index in [0.717, 1.165) is 40.6 Å². The van der Waals surface area contributed by atoms with Crippen LogP contribution >= 0.6 is 0 Å². The maximum absolute atomic E-state index is 12.3. The van der Waals surface area contributed by atoms with Gasteiger partial charge in [-0.2, -0.15) is 0 Å². The van der Waals surface area contributed by atoms with Crippen molar-refractivity contribution >= 4 is 28.3 Å². The standard InChI is InChI=1S/C19H21NO/c1-2-3-4-5-13-20-16-11-9-14-7-6-8-15-10-12-17(21)19(16)18(14)15/h6-12,20H,2-5,13H2,1H3. The van der Waals surface area contributed by atoms with Crippen LogP contribution in [0.1, 0.15) is 48.5 Å². The molecule has 108 valence electrons. The predicted octanol–water partition coefficient (Wildman–Crippen LogP) is 5.04. The lowest BCUT2D eigenvalue weighted by molar-refractivity contribution is 0.104. The van der Waals surface area contributed by atoms with Gasteiger partial charge in [0.2, 0.25) is 0 Å². The molecule has 0 aliphatic heterocycles. The van der Waals surface area contributed by atoms with Crippen LogP contribution in [0.4, 0.5) is 5.69 Å². The number of unbranched alkanes of at least 4 members (excludes halogenated alkanes) is 3. The summed E-state index contributed by atoms with van der Waals surface area (Å²) in [6, 6.07) is 10.3. The minimum Gasteiger partial charge on any atom is -0.384 e. The van der Waals surface area contributed by atoms with Crippen molar-refractivity contribution in [2.24, 2.45) is 0 Å². The number of rotatable bonds is 6. The van der Waals surface area contributed by atoms with Gasteiger partial charge in [0.05, 0.1) is 5.56 Å². The largest absolute Gasteiger partial charge is 0.384 e. The minimum absolute atomic E-state index is 0.107. The van der Waals surface area contributed by atoms with Gasteiger partial charge >= 0.3 is 0 Å². The van der Waals surface area contributed by atoms with Gasteiger partial charge in [-0.1, -0.05) is 56.5 Å². The van der Waals surface area contributed by atoms with E-state index in [0.29, 0.717) is 0 Å². The van der Waals surface area contributed by atoms with Crippen molar-refractivity contribution in [3.63, 3.8) is 0 Å². The number of allylic oxidation sites excluding steroid dienone is 1. The van der Waals surface area contributed by atoms with Crippen molar-refractivity contribution in [2.75, 3.05) is 11.9 Å². The summed E-state index contributed by atoms with van der Waals surface area (Å²) in [5.74, 6) is 0.107. The number of carbonyl (C=O) groups is 1. The van der Waals surface area contributed by atoms with Crippen LogP contribution in [0.25, 0.3) is 16.8 Å². The van der Waals surface area contributed by atoms with Crippen LogP contribution in [0.15, 0.2) is 36.4 Å². The summed E-state index contributed by atoms with van der Waals surface area (Å²) in [7, 11) is 0. The summed E-state index contributed by atoms with van der Waals surface area (Å²) in [5, 5.41) is 5.67. The third-order valence-electron chi connectivity index (χ3n) is 4.08. The fourth-order valence-electron chi connectivity index (χ4n) is 2.97. The van der Waals surface area contributed by atoms with E-state index in [1.54, 1.807) is 6.08 Å². The van der Waals surface area contributed by atoms with E-state index in [4.69, 9.17) is 0 Å². The number of hydrogen-bond donors (Lipinski definition) is 1. The number of ketones is 1. The fraction of sp³-hybridized carbons (Fsp3) is 0.316. The highest BCUT2D eigenvalue weighted by Gasteiger charge is 2.18. The van der Waals surface area contributed by atoms with Gasteiger partial charge in [0, 0.05) is 17.6 Å². The number of nitrogens with one attached hydrogen (secondary N) is 1. The highest BCUT2D eigenvalue weighted by atomic mass is 16.1. The van der Waals surface area contributed by atoms with Gasteiger partial charge in [-0.3, -0.25) is 4.79 Å². The second kappa shape index (κ2) is 6.13. The summed E-state index contributed by atoms with van der Waals surface area (Å²) in [4.78, 5) is 12.3. The Morgan fingerprint density at radius 2 is 1.90 bits per heavy atom. The van der Waals surface area contributed by atoms with Crippen molar-refractivity contribution in [3.8, 4) is 0 Å². The Hall–Kier alpha value is -2.09. The number of hydrogen-bond acceptors (Lipinski definition) is 2. The summed E-state index contributed by atoms with van der Waals surface area (Å²) in [6.07, 6.45) is 8.51. The molecular formula is C19H21NO. The van der Waals surface area contributed by atoms with Crippen molar-refractivity contribution < 1.29 is 4.79 Å². The van der Waals surface area contributed by atoms with Crippen LogP contribution in [0.2, 0.25) is 0 Å². The highest BCUT2D eigenvalue weighted by Crippen LogP contribution is 2.33. The number of anilines is 1. The molecule has 0 fully saturated rings. The van der Waals surface area contributed by atoms with E-state index in [9.17, 15) is 4.79 Å². The van der Waals surface area contributed by atoms with E-state index >= 15 is 0 Å². The van der Waals surface area contributed by atoms with Crippen LogP contribution in [0.5, 0.6) is 0 Å². The summed E-state index contributed by atoms with van der Waals surface area (Å²) in [5.41, 5.74) is 2.94. The summed E-state index contributed by atoms with van der Waals surface area (Å²) < 4.78 is 0. The molecule has 0 heterocycles. The molecule has 0 unspecified atom stereocenters. The molecule has 0 saturated heterocycles. The molecule has 2 aromatic rings. The first-order valence-electron chi connectivity index (χ1n) is 7.83. The average Bonchev–Trinajstić information content (AvgIpc) is 2.51. The second-order valence-corrected chi connectivity index (χ2v) is 5.62. The van der Waals surface area contributed by atoms with Gasteiger partial charge < -0.3 is 5.32 Å². The van der Waals surface area contributed by atoms with Crippen molar-refractivity contribution in [2.45, 2.75) is 32.6 Å². The predicted molar refractivity (Wildman–Crippen MR) is 89.9 cm³/mol. The van der Waals surface area contributed by atoms with Crippen LogP contribution in [-0.4, -0.2) is 12.3 Å². The van der Waals surface area contributed by atoms with Crippen LogP contribution in [0.3, 0.4) is 0 Å². The lowest BCUT2D eigenvalue weighted by Crippen LogP contribution is -2.09. The minimum atomic E-state index is 0.107. The SMILES string of the molecule is CCCCCCNc1ccc2cccc3c2c1C(=O)C=C3. The Morgan fingerprint density at radius 1 is 1.00 bits per heavy atom. The van der Waals surface area contributed by atoms with Gasteiger partial charge in [-0.05, 0) is 29.5 Å². The number of benzene rings is 2. The molecule has 2 nitrogen and oxygen atoms in total. The molecule has 3 rings (SSSR count). The average molecular weight is 279 g/mol. The smallest absolute Gasteiger partial charge is 0.188 e. The topological polar surface area (TPSA) is 29.1 Å². The Kier molecular flexibility index (Phi) is 4.05. The Labute approximate surface area is 125 Å². The number of carbonyl (C=O) groups excluding carboxylic acids is 1. The van der Waals surface area contributed by atoms with Gasteiger partial charge in [0.1, 0.15) is 0 Å². The third kappa shape index (κ3) is 2.71. The van der Waals surface area contributed by atoms with Gasteiger partial charge in [0.25, 0.3) is 0 Å². The quantitative estimate of drug-likeness (QED) is 0.750. The van der Waals surface area contributed by atoms with Gasteiger partial charge in [0.15, 0.2) is 5.78 Å². The summed E-state index contributed by atoms with van der Waals surface area (Å²) in [6.45, 7) is 3.14. The van der Waals surface area contributed by atoms with E-state index in [-0.39, 0.29) is 5.78 Å². The Morgan fingerprint density at radius 3 is 2.76 bits per heavy atom. The van der Waals surface area contributed by atoms with E-state index in [1.807, 2.05) is 18.2 Å². The molecule has 1 aliphatic rings. The van der Waals surface area contributed by atoms with Crippen molar-refractivity contribution in [1.29, 1.82) is 0 Å². The van der Waals surface area contributed by atoms with E-state index in [1.165, 1.54) is 19.3 Å². The van der Waals surface area contributed by atoms with Crippen molar-refractivity contribution in [1.82, 2.24) is 0 Å². The lowest BCUT2D eigenvalue weighted by Gasteiger charge is -2.17. The molecule has 0 atom stereocenters. The highest BCUT2D eigenvalue weighted by molar-refractivity contribution is 6.23. The maximum Gasteiger partial charge on any atom is 0.188 e. The molecule has 0 saturated carbocycles. The molecule has 21 heavy (non-hydrogen) atoms. The van der Waals surface area contributed by atoms with Crippen LogP contribution in [0, 0.1) is 0 Å². The molecular weight excluding hydrogens is 258 g/mol. The van der Waals surface area contributed by atoms with E-state index in [2.05, 4.69) is 30.4 Å². The van der Waals surface area contributed by atoms with Crippen LogP contribution < -0.4 is 5.32 Å². The zero-order valence-corrected chi connectivity index (χ0v) is 12.5. The van der Waals surface area contributed by atoms with Crippen LogP contribution in [-0.2, 0) is 0 Å². The molecule has 1 aliphatic carbocycles. The molecule has 0 amide bonds. The molecule has 1 N–H and O–H groups in total. The Bertz CT molecular complexity index is 700. The molecule has 2 aromatic carbocycles. The monoisotopic (exact) mass is 279 g/mol. The molecule has 0 radical (unpaired) electrons. The first-order chi connectivity index (χ1) is 10.3. The zero-order valence-electron chi connectivity index (χ0n) is 12.5. The van der Waals surface area contributed by atoms with E-state index < -0.39 is 0 Å². The van der Waals surface area contributed by atoms with Crippen molar-refractivity contribution in [3.05, 3.63) is 47.5 Å². The molecule has 2 heteroatoms.